The standard InChI is InChI=1S/C16H14ClNO2/c1-10-6-7-11(8-12(10)17)14(19)9-16-18-13-4-2-3-5-15(13)20-16/h2-8,14,19H,9H2,1H3. The molecular weight excluding hydrogens is 274 g/mol. The molecule has 0 amide bonds. The van der Waals surface area contributed by atoms with E-state index in [4.69, 9.17) is 16.0 Å². The molecular formula is C16H14ClNO2. The summed E-state index contributed by atoms with van der Waals surface area (Å²) in [6, 6.07) is 13.1. The fourth-order valence-electron chi connectivity index (χ4n) is 2.11. The van der Waals surface area contributed by atoms with Crippen LogP contribution in [0, 0.1) is 6.92 Å². The van der Waals surface area contributed by atoms with Gasteiger partial charge in [0.1, 0.15) is 5.52 Å². The number of fused-ring (bicyclic) bond motifs is 1. The van der Waals surface area contributed by atoms with E-state index < -0.39 is 6.10 Å². The molecule has 3 nitrogen and oxygen atoms in total. The van der Waals surface area contributed by atoms with Gasteiger partial charge in [0.15, 0.2) is 11.5 Å². The van der Waals surface area contributed by atoms with Gasteiger partial charge in [-0.3, -0.25) is 0 Å². The van der Waals surface area contributed by atoms with Gasteiger partial charge in [0.2, 0.25) is 0 Å². The number of rotatable bonds is 3. The Kier molecular flexibility index (Phi) is 3.47. The monoisotopic (exact) mass is 287 g/mol. The zero-order valence-electron chi connectivity index (χ0n) is 11.0. The van der Waals surface area contributed by atoms with Crippen LogP contribution in [-0.4, -0.2) is 10.1 Å². The summed E-state index contributed by atoms with van der Waals surface area (Å²) in [7, 11) is 0. The minimum Gasteiger partial charge on any atom is -0.441 e. The molecule has 3 rings (SSSR count). The predicted molar refractivity (Wildman–Crippen MR) is 78.9 cm³/mol. The number of nitrogens with zero attached hydrogens (tertiary/aromatic N) is 1. The Labute approximate surface area is 121 Å². The summed E-state index contributed by atoms with van der Waals surface area (Å²) < 4.78 is 5.61. The van der Waals surface area contributed by atoms with Crippen molar-refractivity contribution in [1.82, 2.24) is 4.98 Å². The molecule has 1 unspecified atom stereocenters. The molecule has 0 spiro atoms. The van der Waals surface area contributed by atoms with Gasteiger partial charge >= 0.3 is 0 Å². The van der Waals surface area contributed by atoms with E-state index in [1.54, 1.807) is 6.07 Å². The van der Waals surface area contributed by atoms with Crippen molar-refractivity contribution in [1.29, 1.82) is 0 Å². The van der Waals surface area contributed by atoms with E-state index in [-0.39, 0.29) is 0 Å². The van der Waals surface area contributed by atoms with E-state index in [2.05, 4.69) is 4.98 Å². The molecule has 20 heavy (non-hydrogen) atoms. The molecule has 0 saturated carbocycles. The van der Waals surface area contributed by atoms with Gasteiger partial charge in [-0.25, -0.2) is 4.98 Å². The summed E-state index contributed by atoms with van der Waals surface area (Å²) in [4.78, 5) is 4.36. The molecule has 0 fully saturated rings. The van der Waals surface area contributed by atoms with Gasteiger partial charge in [0, 0.05) is 5.02 Å². The summed E-state index contributed by atoms with van der Waals surface area (Å²) >= 11 is 6.07. The van der Waals surface area contributed by atoms with E-state index in [0.717, 1.165) is 22.2 Å². The summed E-state index contributed by atoms with van der Waals surface area (Å²) in [5.74, 6) is 0.524. The third-order valence-corrected chi connectivity index (χ3v) is 3.69. The van der Waals surface area contributed by atoms with Crippen molar-refractivity contribution >= 4 is 22.7 Å². The molecule has 1 aromatic heterocycles. The van der Waals surface area contributed by atoms with E-state index >= 15 is 0 Å². The molecule has 0 aliphatic carbocycles. The van der Waals surface area contributed by atoms with Gasteiger partial charge < -0.3 is 9.52 Å². The van der Waals surface area contributed by atoms with Crippen LogP contribution in [0.15, 0.2) is 46.9 Å². The number of aromatic nitrogens is 1. The first-order valence-electron chi connectivity index (χ1n) is 6.42. The van der Waals surface area contributed by atoms with Gasteiger partial charge in [0.05, 0.1) is 12.5 Å². The van der Waals surface area contributed by atoms with Crippen molar-refractivity contribution < 1.29 is 9.52 Å². The lowest BCUT2D eigenvalue weighted by Gasteiger charge is -2.10. The van der Waals surface area contributed by atoms with E-state index in [9.17, 15) is 5.11 Å². The number of halogens is 1. The Morgan fingerprint density at radius 3 is 2.80 bits per heavy atom. The summed E-state index contributed by atoms with van der Waals surface area (Å²) in [6.45, 7) is 1.93. The Balaban J connectivity index is 1.84. The maximum atomic E-state index is 10.3. The SMILES string of the molecule is Cc1ccc(C(O)Cc2nc3ccccc3o2)cc1Cl. The van der Waals surface area contributed by atoms with Crippen LogP contribution in [0.3, 0.4) is 0 Å². The Morgan fingerprint density at radius 1 is 1.25 bits per heavy atom. The molecule has 0 aliphatic rings. The van der Waals surface area contributed by atoms with Gasteiger partial charge in [-0.2, -0.15) is 0 Å². The Hall–Kier alpha value is -1.84. The molecule has 1 atom stereocenters. The van der Waals surface area contributed by atoms with Crippen molar-refractivity contribution in [3.05, 3.63) is 64.5 Å². The molecule has 4 heteroatoms. The number of aryl methyl sites for hydroxylation is 1. The van der Waals surface area contributed by atoms with Crippen molar-refractivity contribution in [3.8, 4) is 0 Å². The average molecular weight is 288 g/mol. The largest absolute Gasteiger partial charge is 0.441 e. The first-order chi connectivity index (χ1) is 9.63. The second-order valence-electron chi connectivity index (χ2n) is 4.80. The average Bonchev–Trinajstić information content (AvgIpc) is 2.83. The first kappa shape index (κ1) is 13.2. The highest BCUT2D eigenvalue weighted by Gasteiger charge is 2.14. The summed E-state index contributed by atoms with van der Waals surface area (Å²) in [5, 5.41) is 10.9. The van der Waals surface area contributed by atoms with Crippen LogP contribution in [0.1, 0.15) is 23.1 Å². The summed E-state index contributed by atoms with van der Waals surface area (Å²) in [5.41, 5.74) is 3.29. The fraction of sp³-hybridized carbons (Fsp3) is 0.188. The lowest BCUT2D eigenvalue weighted by atomic mass is 10.1. The molecule has 1 heterocycles. The van der Waals surface area contributed by atoms with Crippen LogP contribution in [0.4, 0.5) is 0 Å². The molecule has 1 N–H and O–H groups in total. The van der Waals surface area contributed by atoms with Crippen LogP contribution in [0.25, 0.3) is 11.1 Å². The lowest BCUT2D eigenvalue weighted by molar-refractivity contribution is 0.169. The Bertz CT molecular complexity index is 718. The van der Waals surface area contributed by atoms with Crippen LogP contribution in [-0.2, 0) is 6.42 Å². The van der Waals surface area contributed by atoms with E-state index in [0.29, 0.717) is 17.3 Å². The molecule has 102 valence electrons. The van der Waals surface area contributed by atoms with Crippen molar-refractivity contribution in [2.75, 3.05) is 0 Å². The first-order valence-corrected chi connectivity index (χ1v) is 6.80. The topological polar surface area (TPSA) is 46.3 Å². The number of hydrogen-bond donors (Lipinski definition) is 1. The number of hydrogen-bond acceptors (Lipinski definition) is 3. The number of aliphatic hydroxyl groups is 1. The molecule has 2 aromatic carbocycles. The third-order valence-electron chi connectivity index (χ3n) is 3.29. The molecule has 0 aliphatic heterocycles. The zero-order chi connectivity index (χ0) is 14.1. The van der Waals surface area contributed by atoms with Gasteiger partial charge in [-0.1, -0.05) is 35.9 Å². The second-order valence-corrected chi connectivity index (χ2v) is 5.21. The number of benzene rings is 2. The van der Waals surface area contributed by atoms with Crippen molar-refractivity contribution in [2.45, 2.75) is 19.4 Å². The van der Waals surface area contributed by atoms with Gasteiger partial charge in [-0.05, 0) is 36.2 Å². The number of aliphatic hydroxyl groups excluding tert-OH is 1. The molecule has 0 bridgehead atoms. The van der Waals surface area contributed by atoms with Crippen LogP contribution in [0.2, 0.25) is 5.02 Å². The minimum atomic E-state index is -0.679. The zero-order valence-corrected chi connectivity index (χ0v) is 11.8. The smallest absolute Gasteiger partial charge is 0.198 e. The highest BCUT2D eigenvalue weighted by atomic mass is 35.5. The van der Waals surface area contributed by atoms with Crippen LogP contribution >= 0.6 is 11.6 Å². The quantitative estimate of drug-likeness (QED) is 0.790. The van der Waals surface area contributed by atoms with E-state index in [1.807, 2.05) is 43.3 Å². The molecule has 0 radical (unpaired) electrons. The maximum Gasteiger partial charge on any atom is 0.198 e. The normalized spacial score (nSPS) is 12.8. The lowest BCUT2D eigenvalue weighted by Crippen LogP contribution is -2.02. The van der Waals surface area contributed by atoms with Gasteiger partial charge in [-0.15, -0.1) is 0 Å². The van der Waals surface area contributed by atoms with Crippen molar-refractivity contribution in [3.63, 3.8) is 0 Å². The third kappa shape index (κ3) is 2.55. The maximum absolute atomic E-state index is 10.3. The van der Waals surface area contributed by atoms with Crippen molar-refractivity contribution in [2.24, 2.45) is 0 Å². The highest BCUT2D eigenvalue weighted by Crippen LogP contribution is 2.25. The fourth-order valence-corrected chi connectivity index (χ4v) is 2.30. The highest BCUT2D eigenvalue weighted by molar-refractivity contribution is 6.31. The molecule has 0 saturated heterocycles. The van der Waals surface area contributed by atoms with Gasteiger partial charge in [0.25, 0.3) is 0 Å². The number of oxazole rings is 1. The van der Waals surface area contributed by atoms with Crippen LogP contribution in [0.5, 0.6) is 0 Å². The van der Waals surface area contributed by atoms with Crippen LogP contribution < -0.4 is 0 Å². The number of para-hydroxylation sites is 2. The Morgan fingerprint density at radius 2 is 2.05 bits per heavy atom. The molecule has 3 aromatic rings. The second kappa shape index (κ2) is 5.27. The van der Waals surface area contributed by atoms with E-state index in [1.165, 1.54) is 0 Å². The minimum absolute atomic E-state index is 0.327. The predicted octanol–water partition coefficient (Wildman–Crippen LogP) is 4.07. The summed E-state index contributed by atoms with van der Waals surface area (Å²) in [6.07, 6.45) is -0.352.